The van der Waals surface area contributed by atoms with Crippen molar-refractivity contribution in [1.29, 1.82) is 0 Å². The van der Waals surface area contributed by atoms with Crippen LogP contribution in [0.25, 0.3) is 11.0 Å². The molecule has 1 atom stereocenters. The van der Waals surface area contributed by atoms with E-state index in [1.165, 1.54) is 6.07 Å². The quantitative estimate of drug-likeness (QED) is 0.187. The molecular formula is C33H34F4N4O5. The zero-order valence-electron chi connectivity index (χ0n) is 25.2. The Balaban J connectivity index is 1.13. The number of carboxylic acid groups (broad SMARTS) is 1. The molecule has 0 radical (unpaired) electrons. The molecule has 2 saturated heterocycles. The highest BCUT2D eigenvalue weighted by atomic mass is 19.4. The van der Waals surface area contributed by atoms with Crippen LogP contribution in [0.2, 0.25) is 0 Å². The summed E-state index contributed by atoms with van der Waals surface area (Å²) in [6.07, 6.45) is -2.00. The molecule has 2 aliphatic rings. The maximum Gasteiger partial charge on any atom is 0.416 e. The standard InChI is InChI=1S/C33H34F4N4O5/c1-2-44-28-15-22(32(42)43)14-27-31(28)39-29(41(27)17-24-10-13-45-24)18-40-11-8-20(9-12-40)26-4-3-5-30(38-26)46-19-21-6-7-23(16-25(21)34)33(35,36)37/h3-7,14-16,20,24H,2,8-13,17-19H2,1H3,(H,42,43)/t24-/m0/s1. The summed E-state index contributed by atoms with van der Waals surface area (Å²) in [5.41, 5.74) is 1.28. The molecule has 244 valence electrons. The van der Waals surface area contributed by atoms with Crippen LogP contribution in [0.3, 0.4) is 0 Å². The van der Waals surface area contributed by atoms with Gasteiger partial charge in [0.05, 0.1) is 42.4 Å². The number of carbonyl (C=O) groups is 1. The minimum absolute atomic E-state index is 0.0102. The van der Waals surface area contributed by atoms with Crippen LogP contribution < -0.4 is 9.47 Å². The predicted molar refractivity (Wildman–Crippen MR) is 159 cm³/mol. The van der Waals surface area contributed by atoms with E-state index in [1.807, 2.05) is 13.0 Å². The lowest BCUT2D eigenvalue weighted by Crippen LogP contribution is -2.35. The van der Waals surface area contributed by atoms with E-state index in [9.17, 15) is 27.5 Å². The molecule has 6 rings (SSSR count). The fraction of sp³-hybridized carbons (Fsp3) is 0.424. The number of aromatic carboxylic acids is 1. The molecule has 1 N–H and O–H groups in total. The Hall–Kier alpha value is -4.23. The minimum atomic E-state index is -4.62. The number of pyridine rings is 1. The van der Waals surface area contributed by atoms with Gasteiger partial charge in [-0.25, -0.2) is 19.2 Å². The lowest BCUT2D eigenvalue weighted by Gasteiger charge is -2.32. The highest BCUT2D eigenvalue weighted by Gasteiger charge is 2.31. The Bertz CT molecular complexity index is 1710. The second kappa shape index (κ2) is 13.2. The van der Waals surface area contributed by atoms with E-state index < -0.39 is 23.5 Å². The summed E-state index contributed by atoms with van der Waals surface area (Å²) in [5, 5.41) is 9.72. The molecular weight excluding hydrogens is 608 g/mol. The van der Waals surface area contributed by atoms with Crippen LogP contribution in [0.5, 0.6) is 11.6 Å². The molecule has 9 nitrogen and oxygen atoms in total. The third-order valence-electron chi connectivity index (χ3n) is 8.50. The van der Waals surface area contributed by atoms with Gasteiger partial charge in [0.2, 0.25) is 5.88 Å². The molecule has 2 fully saturated rings. The molecule has 2 aromatic heterocycles. The number of likely N-dealkylation sites (tertiary alicyclic amines) is 1. The van der Waals surface area contributed by atoms with E-state index in [0.29, 0.717) is 49.2 Å². The number of ether oxygens (including phenoxy) is 3. The van der Waals surface area contributed by atoms with Crippen molar-refractivity contribution in [2.45, 2.75) is 64.1 Å². The summed E-state index contributed by atoms with van der Waals surface area (Å²) in [7, 11) is 0. The SMILES string of the molecule is CCOc1cc(C(=O)O)cc2c1nc(CN1CCC(c3cccc(OCc4ccc(C(F)(F)F)cc4F)n3)CC1)n2C[C@@H]1CCO1. The number of imidazole rings is 1. The number of benzene rings is 2. The number of hydrogen-bond acceptors (Lipinski definition) is 7. The van der Waals surface area contributed by atoms with Gasteiger partial charge in [0.25, 0.3) is 0 Å². The number of carboxylic acids is 1. The zero-order chi connectivity index (χ0) is 32.4. The summed E-state index contributed by atoms with van der Waals surface area (Å²) in [6.45, 7) is 5.38. The van der Waals surface area contributed by atoms with Gasteiger partial charge < -0.3 is 23.9 Å². The van der Waals surface area contributed by atoms with Crippen molar-refractivity contribution in [3.05, 3.63) is 82.6 Å². The molecule has 4 aromatic rings. The van der Waals surface area contributed by atoms with Gasteiger partial charge in [0, 0.05) is 29.8 Å². The fourth-order valence-electron chi connectivity index (χ4n) is 5.90. The topological polar surface area (TPSA) is 98.9 Å². The highest BCUT2D eigenvalue weighted by molar-refractivity contribution is 5.95. The van der Waals surface area contributed by atoms with Crippen molar-refractivity contribution in [1.82, 2.24) is 19.4 Å². The lowest BCUT2D eigenvalue weighted by atomic mass is 9.93. The molecule has 2 aliphatic heterocycles. The number of rotatable bonds is 11. The van der Waals surface area contributed by atoms with Gasteiger partial charge in [-0.2, -0.15) is 13.2 Å². The molecule has 0 unspecified atom stereocenters. The van der Waals surface area contributed by atoms with E-state index in [2.05, 4.69) is 14.5 Å². The van der Waals surface area contributed by atoms with E-state index in [4.69, 9.17) is 19.2 Å². The fourth-order valence-corrected chi connectivity index (χ4v) is 5.90. The number of fused-ring (bicyclic) bond motifs is 1. The van der Waals surface area contributed by atoms with Crippen LogP contribution in [0.4, 0.5) is 17.6 Å². The van der Waals surface area contributed by atoms with Gasteiger partial charge in [0.15, 0.2) is 0 Å². The molecule has 0 amide bonds. The third kappa shape index (κ3) is 6.95. The summed E-state index contributed by atoms with van der Waals surface area (Å²) >= 11 is 0. The monoisotopic (exact) mass is 642 g/mol. The van der Waals surface area contributed by atoms with Crippen LogP contribution >= 0.6 is 0 Å². The zero-order valence-corrected chi connectivity index (χ0v) is 25.2. The van der Waals surface area contributed by atoms with Crippen molar-refractivity contribution in [3.63, 3.8) is 0 Å². The van der Waals surface area contributed by atoms with E-state index in [1.54, 1.807) is 18.2 Å². The average Bonchev–Trinajstić information content (AvgIpc) is 3.35. The first-order valence-corrected chi connectivity index (χ1v) is 15.3. The van der Waals surface area contributed by atoms with Crippen LogP contribution in [-0.2, 0) is 30.6 Å². The largest absolute Gasteiger partial charge is 0.492 e. The molecule has 0 spiro atoms. The molecule has 0 aliphatic carbocycles. The number of alkyl halides is 3. The van der Waals surface area contributed by atoms with Gasteiger partial charge in [0.1, 0.15) is 29.5 Å². The Labute approximate surface area is 262 Å². The maximum absolute atomic E-state index is 14.3. The van der Waals surface area contributed by atoms with Gasteiger partial charge >= 0.3 is 12.1 Å². The van der Waals surface area contributed by atoms with Crippen molar-refractivity contribution in [3.8, 4) is 11.6 Å². The number of halogens is 4. The predicted octanol–water partition coefficient (Wildman–Crippen LogP) is 6.43. The van der Waals surface area contributed by atoms with Crippen LogP contribution in [0, 0.1) is 5.82 Å². The van der Waals surface area contributed by atoms with Crippen LogP contribution in [-0.4, -0.2) is 62.9 Å². The van der Waals surface area contributed by atoms with E-state index >= 15 is 0 Å². The van der Waals surface area contributed by atoms with Crippen molar-refractivity contribution < 1.29 is 41.7 Å². The summed E-state index contributed by atoms with van der Waals surface area (Å²) in [4.78, 5) is 23.7. The van der Waals surface area contributed by atoms with Crippen molar-refractivity contribution in [2.24, 2.45) is 0 Å². The lowest BCUT2D eigenvalue weighted by molar-refractivity contribution is -0.137. The summed E-state index contributed by atoms with van der Waals surface area (Å²) in [6, 6.07) is 10.9. The first-order valence-electron chi connectivity index (χ1n) is 15.3. The Kier molecular flexibility index (Phi) is 9.14. The highest BCUT2D eigenvalue weighted by Crippen LogP contribution is 2.33. The Morgan fingerprint density at radius 3 is 2.50 bits per heavy atom. The van der Waals surface area contributed by atoms with Crippen molar-refractivity contribution in [2.75, 3.05) is 26.3 Å². The number of aromatic nitrogens is 3. The van der Waals surface area contributed by atoms with Gasteiger partial charge in [-0.1, -0.05) is 12.1 Å². The Morgan fingerprint density at radius 1 is 1.07 bits per heavy atom. The minimum Gasteiger partial charge on any atom is -0.492 e. The normalized spacial score (nSPS) is 17.6. The smallest absolute Gasteiger partial charge is 0.416 e. The van der Waals surface area contributed by atoms with E-state index in [-0.39, 0.29) is 35.6 Å². The van der Waals surface area contributed by atoms with Crippen LogP contribution in [0.15, 0.2) is 48.5 Å². The average molecular weight is 643 g/mol. The van der Waals surface area contributed by atoms with Gasteiger partial charge in [-0.3, -0.25) is 4.90 Å². The van der Waals surface area contributed by atoms with Gasteiger partial charge in [-0.05, 0) is 69.6 Å². The molecule has 0 saturated carbocycles. The van der Waals surface area contributed by atoms with E-state index in [0.717, 1.165) is 56.0 Å². The summed E-state index contributed by atoms with van der Waals surface area (Å²) < 4.78 is 72.1. The second-order valence-electron chi connectivity index (χ2n) is 11.5. The molecule has 4 heterocycles. The molecule has 13 heteroatoms. The number of piperidine rings is 1. The second-order valence-corrected chi connectivity index (χ2v) is 11.5. The Morgan fingerprint density at radius 2 is 1.85 bits per heavy atom. The molecule has 0 bridgehead atoms. The molecule has 46 heavy (non-hydrogen) atoms. The van der Waals surface area contributed by atoms with Crippen LogP contribution in [0.1, 0.15) is 65.1 Å². The van der Waals surface area contributed by atoms with Crippen molar-refractivity contribution >= 4 is 17.0 Å². The number of hydrogen-bond donors (Lipinski definition) is 1. The van der Waals surface area contributed by atoms with Gasteiger partial charge in [-0.15, -0.1) is 0 Å². The first-order chi connectivity index (χ1) is 22.1. The maximum atomic E-state index is 14.3. The molecule has 2 aromatic carbocycles. The first kappa shape index (κ1) is 31.7. The number of nitrogens with zero attached hydrogens (tertiary/aromatic N) is 4. The summed E-state index contributed by atoms with van der Waals surface area (Å²) in [5.74, 6) is -0.321. The third-order valence-corrected chi connectivity index (χ3v) is 8.50.